The largest absolute Gasteiger partial charge is 0.309 e. The van der Waals surface area contributed by atoms with E-state index >= 15 is 0 Å². The molecule has 9 aromatic carbocycles. The van der Waals surface area contributed by atoms with Crippen molar-refractivity contribution >= 4 is 75.9 Å². The van der Waals surface area contributed by atoms with Gasteiger partial charge in [0.05, 0.1) is 22.1 Å². The summed E-state index contributed by atoms with van der Waals surface area (Å²) in [5, 5.41) is 12.8. The van der Waals surface area contributed by atoms with Gasteiger partial charge >= 0.3 is 0 Å². The fourth-order valence-corrected chi connectivity index (χ4v) is 9.94. The van der Waals surface area contributed by atoms with Crippen molar-refractivity contribution in [3.05, 3.63) is 181 Å². The lowest BCUT2D eigenvalue weighted by Crippen LogP contribution is -2.14. The maximum absolute atomic E-state index is 2.53. The monoisotopic (exact) mass is 674 g/mol. The molecule has 0 saturated carbocycles. The van der Waals surface area contributed by atoms with Gasteiger partial charge < -0.3 is 9.13 Å². The second kappa shape index (κ2) is 10.2. The van der Waals surface area contributed by atoms with Crippen LogP contribution in [-0.4, -0.2) is 9.13 Å². The van der Waals surface area contributed by atoms with Crippen LogP contribution in [0.3, 0.4) is 0 Å². The molecule has 0 spiro atoms. The third kappa shape index (κ3) is 3.72. The summed E-state index contributed by atoms with van der Waals surface area (Å²) in [5.41, 5.74) is 12.7. The highest BCUT2D eigenvalue weighted by Gasteiger charge is 2.35. The molecule has 0 radical (unpaired) electrons. The molecule has 0 amide bonds. The molecular formula is C51H34N2. The van der Waals surface area contributed by atoms with E-state index in [1.807, 2.05) is 0 Å². The zero-order valence-corrected chi connectivity index (χ0v) is 29.6. The first-order valence-corrected chi connectivity index (χ1v) is 18.6. The molecule has 1 aliphatic carbocycles. The quantitative estimate of drug-likeness (QED) is 0.162. The highest BCUT2D eigenvalue weighted by molar-refractivity contribution is 6.28. The van der Waals surface area contributed by atoms with Crippen LogP contribution < -0.4 is 0 Å². The molecule has 0 aliphatic heterocycles. The SMILES string of the molecule is CC1(C)c2ccccc2-c2cc(-n3c4ccccc4c4ccc5c(c6ccccc6n5-c5ccc6c7ccccc7c7ccccc7c6c5)c43)ccc21. The topological polar surface area (TPSA) is 9.86 Å². The van der Waals surface area contributed by atoms with Crippen molar-refractivity contribution in [2.75, 3.05) is 0 Å². The smallest absolute Gasteiger partial charge is 0.0641 e. The third-order valence-corrected chi connectivity index (χ3v) is 12.3. The van der Waals surface area contributed by atoms with E-state index in [-0.39, 0.29) is 5.41 Å². The Balaban J connectivity index is 1.19. The Kier molecular flexibility index (Phi) is 5.60. The van der Waals surface area contributed by atoms with Crippen molar-refractivity contribution in [2.24, 2.45) is 0 Å². The van der Waals surface area contributed by atoms with Crippen molar-refractivity contribution in [1.29, 1.82) is 0 Å². The van der Waals surface area contributed by atoms with E-state index in [1.54, 1.807) is 0 Å². The van der Waals surface area contributed by atoms with Gasteiger partial charge in [-0.3, -0.25) is 0 Å². The minimum absolute atomic E-state index is 0.0383. The van der Waals surface area contributed by atoms with Gasteiger partial charge in [0, 0.05) is 38.3 Å². The van der Waals surface area contributed by atoms with E-state index in [2.05, 4.69) is 193 Å². The Morgan fingerprint density at radius 3 is 1.58 bits per heavy atom. The Bertz CT molecular complexity index is 3330. The average molecular weight is 675 g/mol. The van der Waals surface area contributed by atoms with Crippen LogP contribution in [0.4, 0.5) is 0 Å². The zero-order valence-electron chi connectivity index (χ0n) is 29.6. The molecular weight excluding hydrogens is 641 g/mol. The summed E-state index contributed by atoms with van der Waals surface area (Å²) in [6.07, 6.45) is 0. The highest BCUT2D eigenvalue weighted by atomic mass is 15.0. The number of hydrogen-bond donors (Lipinski definition) is 0. The summed E-state index contributed by atoms with van der Waals surface area (Å²) < 4.78 is 5.01. The summed E-state index contributed by atoms with van der Waals surface area (Å²) in [5.74, 6) is 0. The Hall–Kier alpha value is -6.64. The van der Waals surface area contributed by atoms with Crippen LogP contribution in [0, 0.1) is 0 Å². The predicted octanol–water partition coefficient (Wildman–Crippen LogP) is 13.6. The molecule has 2 heterocycles. The lowest BCUT2D eigenvalue weighted by molar-refractivity contribution is 0.660. The van der Waals surface area contributed by atoms with Crippen LogP contribution in [-0.2, 0) is 5.41 Å². The lowest BCUT2D eigenvalue weighted by Gasteiger charge is -2.21. The van der Waals surface area contributed by atoms with Gasteiger partial charge in [-0.25, -0.2) is 0 Å². The first-order chi connectivity index (χ1) is 26.1. The number of rotatable bonds is 2. The number of hydrogen-bond acceptors (Lipinski definition) is 0. The molecule has 248 valence electrons. The van der Waals surface area contributed by atoms with Gasteiger partial charge in [0.2, 0.25) is 0 Å². The van der Waals surface area contributed by atoms with Gasteiger partial charge in [0.1, 0.15) is 0 Å². The molecule has 0 unspecified atom stereocenters. The molecule has 0 saturated heterocycles. The van der Waals surface area contributed by atoms with E-state index in [4.69, 9.17) is 0 Å². The standard InChI is InChI=1S/C51H34N2/c1-51(2)44-20-10-7-17-38(44)43-30-32(24-27-45(43)51)53-46-21-11-8-18-39(46)40-26-28-48-49(50(40)53)41-19-9-12-22-47(41)52(48)31-23-25-37-35-15-4-3-13-33(35)34-14-5-6-16-36(34)42(37)29-31/h3-30H,1-2H3. The first kappa shape index (κ1) is 29.0. The zero-order chi connectivity index (χ0) is 35.0. The molecule has 0 fully saturated rings. The fourth-order valence-electron chi connectivity index (χ4n) is 9.94. The number of fused-ring (bicyclic) bond motifs is 16. The van der Waals surface area contributed by atoms with E-state index in [9.17, 15) is 0 Å². The fraction of sp³-hybridized carbons (Fsp3) is 0.0588. The normalized spacial score (nSPS) is 13.6. The lowest BCUT2D eigenvalue weighted by atomic mass is 9.82. The minimum Gasteiger partial charge on any atom is -0.309 e. The van der Waals surface area contributed by atoms with E-state index in [0.29, 0.717) is 0 Å². The second-order valence-electron chi connectivity index (χ2n) is 15.3. The van der Waals surface area contributed by atoms with Crippen LogP contribution in [0.5, 0.6) is 0 Å². The van der Waals surface area contributed by atoms with Crippen molar-refractivity contribution in [2.45, 2.75) is 19.3 Å². The second-order valence-corrected chi connectivity index (χ2v) is 15.3. The molecule has 12 rings (SSSR count). The van der Waals surface area contributed by atoms with Gasteiger partial charge in [0.25, 0.3) is 0 Å². The number of nitrogens with zero attached hydrogens (tertiary/aromatic N) is 2. The van der Waals surface area contributed by atoms with E-state index in [1.165, 1.54) is 110 Å². The van der Waals surface area contributed by atoms with Crippen LogP contribution in [0.1, 0.15) is 25.0 Å². The van der Waals surface area contributed by atoms with Gasteiger partial charge in [-0.05, 0) is 97.0 Å². The maximum Gasteiger partial charge on any atom is 0.0641 e. The predicted molar refractivity (Wildman–Crippen MR) is 225 cm³/mol. The van der Waals surface area contributed by atoms with E-state index in [0.717, 1.165) is 0 Å². The first-order valence-electron chi connectivity index (χ1n) is 18.6. The van der Waals surface area contributed by atoms with Gasteiger partial charge in [-0.2, -0.15) is 0 Å². The molecule has 2 nitrogen and oxygen atoms in total. The molecule has 53 heavy (non-hydrogen) atoms. The van der Waals surface area contributed by atoms with Crippen molar-refractivity contribution in [1.82, 2.24) is 9.13 Å². The molecule has 1 aliphatic rings. The van der Waals surface area contributed by atoms with Crippen molar-refractivity contribution in [3.8, 4) is 22.5 Å². The molecule has 2 heteroatoms. The summed E-state index contributed by atoms with van der Waals surface area (Å²) in [6.45, 7) is 4.71. The van der Waals surface area contributed by atoms with Crippen LogP contribution in [0.25, 0.3) is 98.4 Å². The third-order valence-electron chi connectivity index (χ3n) is 12.3. The molecule has 2 aromatic heterocycles. The molecule has 0 N–H and O–H groups in total. The van der Waals surface area contributed by atoms with Crippen LogP contribution in [0.15, 0.2) is 170 Å². The van der Waals surface area contributed by atoms with E-state index < -0.39 is 0 Å². The van der Waals surface area contributed by atoms with Gasteiger partial charge in [-0.1, -0.05) is 141 Å². The van der Waals surface area contributed by atoms with Crippen LogP contribution >= 0.6 is 0 Å². The Morgan fingerprint density at radius 2 is 0.849 bits per heavy atom. The molecule has 11 aromatic rings. The van der Waals surface area contributed by atoms with Gasteiger partial charge in [-0.15, -0.1) is 0 Å². The summed E-state index contributed by atoms with van der Waals surface area (Å²) >= 11 is 0. The van der Waals surface area contributed by atoms with Gasteiger partial charge in [0.15, 0.2) is 0 Å². The summed E-state index contributed by atoms with van der Waals surface area (Å²) in [6, 6.07) is 63.4. The van der Waals surface area contributed by atoms with Crippen molar-refractivity contribution < 1.29 is 0 Å². The molecule has 0 atom stereocenters. The average Bonchev–Trinajstić information content (AvgIpc) is 3.81. The number of aromatic nitrogens is 2. The molecule has 0 bridgehead atoms. The maximum atomic E-state index is 2.53. The minimum atomic E-state index is -0.0383. The summed E-state index contributed by atoms with van der Waals surface area (Å²) in [4.78, 5) is 0. The summed E-state index contributed by atoms with van der Waals surface area (Å²) in [7, 11) is 0. The highest BCUT2D eigenvalue weighted by Crippen LogP contribution is 2.50. The van der Waals surface area contributed by atoms with Crippen LogP contribution in [0.2, 0.25) is 0 Å². The van der Waals surface area contributed by atoms with Crippen molar-refractivity contribution in [3.63, 3.8) is 0 Å². The Morgan fingerprint density at radius 1 is 0.340 bits per heavy atom. The Labute approximate surface area is 306 Å². The number of benzene rings is 9. The number of para-hydroxylation sites is 2.